The standard InChI is InChI=1S/C52H36N2O/c1-5-19-37(20-6-1)42-28-15-17-31-45(42)53(40-24-9-3-10-25-40)47-34-35-48(52-51(47)50-44-30-14-13-23-39(44)33-36-49(50)55-52)54(41-26-11-4-12-27-41)46-32-18-16-29-43(46)38-21-7-2-8-22-38/h1-36H. The Hall–Kier alpha value is -7.36. The molecule has 0 aliphatic carbocycles. The Morgan fingerprint density at radius 1 is 0.309 bits per heavy atom. The van der Waals surface area contributed by atoms with Crippen molar-refractivity contribution in [1.29, 1.82) is 0 Å². The van der Waals surface area contributed by atoms with Crippen LogP contribution in [0.25, 0.3) is 55.0 Å². The molecule has 3 nitrogen and oxygen atoms in total. The second-order valence-electron chi connectivity index (χ2n) is 13.7. The van der Waals surface area contributed by atoms with Gasteiger partial charge in [-0.2, -0.15) is 0 Å². The van der Waals surface area contributed by atoms with Gasteiger partial charge in [0.25, 0.3) is 0 Å². The van der Waals surface area contributed by atoms with Gasteiger partial charge in [-0.1, -0.05) is 164 Å². The van der Waals surface area contributed by atoms with Crippen LogP contribution in [-0.4, -0.2) is 0 Å². The summed E-state index contributed by atoms with van der Waals surface area (Å²) in [6.07, 6.45) is 0. The van der Waals surface area contributed by atoms with Gasteiger partial charge < -0.3 is 14.2 Å². The van der Waals surface area contributed by atoms with Gasteiger partial charge in [0.05, 0.1) is 28.1 Å². The van der Waals surface area contributed by atoms with Crippen molar-refractivity contribution in [3.63, 3.8) is 0 Å². The van der Waals surface area contributed by atoms with Crippen LogP contribution in [-0.2, 0) is 0 Å². The minimum Gasteiger partial charge on any atom is -0.454 e. The monoisotopic (exact) mass is 704 g/mol. The molecule has 0 aliphatic heterocycles. The molecule has 1 aromatic heterocycles. The Morgan fingerprint density at radius 3 is 1.35 bits per heavy atom. The molecule has 0 bridgehead atoms. The fraction of sp³-hybridized carbons (Fsp3) is 0. The molecule has 0 spiro atoms. The second kappa shape index (κ2) is 13.9. The lowest BCUT2D eigenvalue weighted by Gasteiger charge is -2.31. The Morgan fingerprint density at radius 2 is 0.764 bits per heavy atom. The number of anilines is 6. The Bertz CT molecular complexity index is 2920. The first-order valence-corrected chi connectivity index (χ1v) is 18.7. The zero-order valence-corrected chi connectivity index (χ0v) is 30.1. The van der Waals surface area contributed by atoms with E-state index < -0.39 is 0 Å². The smallest absolute Gasteiger partial charge is 0.161 e. The van der Waals surface area contributed by atoms with E-state index in [1.54, 1.807) is 0 Å². The molecule has 1 heterocycles. The van der Waals surface area contributed by atoms with Gasteiger partial charge in [-0.25, -0.2) is 0 Å². The molecular formula is C52H36N2O. The van der Waals surface area contributed by atoms with Crippen molar-refractivity contribution in [2.75, 3.05) is 9.80 Å². The van der Waals surface area contributed by atoms with Gasteiger partial charge in [-0.05, 0) is 76.5 Å². The van der Waals surface area contributed by atoms with Crippen molar-refractivity contribution in [2.45, 2.75) is 0 Å². The van der Waals surface area contributed by atoms with Gasteiger partial charge in [0, 0.05) is 27.9 Å². The van der Waals surface area contributed by atoms with Crippen molar-refractivity contribution in [1.82, 2.24) is 0 Å². The fourth-order valence-electron chi connectivity index (χ4n) is 8.00. The summed E-state index contributed by atoms with van der Waals surface area (Å²) in [4.78, 5) is 4.75. The minimum atomic E-state index is 0.814. The number of para-hydroxylation sites is 4. The molecule has 0 N–H and O–H groups in total. The van der Waals surface area contributed by atoms with Crippen molar-refractivity contribution in [2.24, 2.45) is 0 Å². The van der Waals surface area contributed by atoms with Crippen LogP contribution in [0.15, 0.2) is 223 Å². The van der Waals surface area contributed by atoms with Gasteiger partial charge in [-0.3, -0.25) is 0 Å². The molecule has 0 radical (unpaired) electrons. The summed E-state index contributed by atoms with van der Waals surface area (Å²) < 4.78 is 7.17. The van der Waals surface area contributed by atoms with Gasteiger partial charge in [0.1, 0.15) is 5.58 Å². The molecule has 10 aromatic rings. The molecule has 0 unspecified atom stereocenters. The van der Waals surface area contributed by atoms with E-state index in [9.17, 15) is 0 Å². The van der Waals surface area contributed by atoms with Crippen LogP contribution in [0.5, 0.6) is 0 Å². The number of benzene rings is 9. The van der Waals surface area contributed by atoms with E-state index in [4.69, 9.17) is 4.42 Å². The molecule has 10 rings (SSSR count). The maximum absolute atomic E-state index is 7.17. The zero-order valence-electron chi connectivity index (χ0n) is 30.1. The summed E-state index contributed by atoms with van der Waals surface area (Å²) in [6, 6.07) is 77.3. The van der Waals surface area contributed by atoms with Crippen LogP contribution in [0.1, 0.15) is 0 Å². The van der Waals surface area contributed by atoms with Crippen LogP contribution in [0.3, 0.4) is 0 Å². The van der Waals surface area contributed by atoms with Crippen molar-refractivity contribution in [3.05, 3.63) is 218 Å². The van der Waals surface area contributed by atoms with E-state index in [-0.39, 0.29) is 0 Å². The summed E-state index contributed by atoms with van der Waals surface area (Å²) in [7, 11) is 0. The molecular weight excluding hydrogens is 669 g/mol. The second-order valence-corrected chi connectivity index (χ2v) is 13.7. The summed E-state index contributed by atoms with van der Waals surface area (Å²) in [5.41, 5.74) is 12.5. The molecule has 0 saturated carbocycles. The fourth-order valence-corrected chi connectivity index (χ4v) is 8.00. The highest BCUT2D eigenvalue weighted by Gasteiger charge is 2.27. The average Bonchev–Trinajstić information content (AvgIpc) is 3.67. The third-order valence-corrected chi connectivity index (χ3v) is 10.4. The maximum Gasteiger partial charge on any atom is 0.161 e. The summed E-state index contributed by atoms with van der Waals surface area (Å²) in [5, 5.41) is 4.46. The van der Waals surface area contributed by atoms with Crippen LogP contribution in [0.2, 0.25) is 0 Å². The Kier molecular flexibility index (Phi) is 8.16. The Balaban J connectivity index is 1.33. The van der Waals surface area contributed by atoms with Crippen LogP contribution in [0, 0.1) is 0 Å². The average molecular weight is 705 g/mol. The number of rotatable bonds is 8. The molecule has 260 valence electrons. The highest BCUT2D eigenvalue weighted by atomic mass is 16.3. The predicted octanol–water partition coefficient (Wildman–Crippen LogP) is 15.0. The summed E-state index contributed by atoms with van der Waals surface area (Å²) in [6.45, 7) is 0. The first-order chi connectivity index (χ1) is 27.3. The van der Waals surface area contributed by atoms with Crippen LogP contribution < -0.4 is 9.80 Å². The lowest BCUT2D eigenvalue weighted by molar-refractivity contribution is 0.669. The molecule has 0 aliphatic rings. The van der Waals surface area contributed by atoms with Crippen molar-refractivity contribution in [3.8, 4) is 22.3 Å². The summed E-state index contributed by atoms with van der Waals surface area (Å²) >= 11 is 0. The summed E-state index contributed by atoms with van der Waals surface area (Å²) in [5.74, 6) is 0. The maximum atomic E-state index is 7.17. The Labute approximate surface area is 320 Å². The normalized spacial score (nSPS) is 11.3. The molecule has 0 fully saturated rings. The quantitative estimate of drug-likeness (QED) is 0.157. The number of nitrogens with zero attached hydrogens (tertiary/aromatic N) is 2. The predicted molar refractivity (Wildman–Crippen MR) is 231 cm³/mol. The van der Waals surface area contributed by atoms with Gasteiger partial charge in [-0.15, -0.1) is 0 Å². The highest BCUT2D eigenvalue weighted by molar-refractivity contribution is 6.25. The highest BCUT2D eigenvalue weighted by Crippen LogP contribution is 2.52. The van der Waals surface area contributed by atoms with Crippen molar-refractivity contribution < 1.29 is 4.42 Å². The topological polar surface area (TPSA) is 19.6 Å². The third kappa shape index (κ3) is 5.70. The van der Waals surface area contributed by atoms with E-state index in [1.807, 2.05) is 0 Å². The van der Waals surface area contributed by atoms with E-state index in [0.29, 0.717) is 0 Å². The van der Waals surface area contributed by atoms with E-state index in [1.165, 1.54) is 5.39 Å². The van der Waals surface area contributed by atoms with E-state index >= 15 is 0 Å². The first kappa shape index (κ1) is 32.3. The van der Waals surface area contributed by atoms with Crippen LogP contribution in [0.4, 0.5) is 34.1 Å². The van der Waals surface area contributed by atoms with Crippen LogP contribution >= 0.6 is 0 Å². The lowest BCUT2D eigenvalue weighted by Crippen LogP contribution is -2.14. The molecule has 0 atom stereocenters. The van der Waals surface area contributed by atoms with Gasteiger partial charge >= 0.3 is 0 Å². The molecule has 0 amide bonds. The molecule has 55 heavy (non-hydrogen) atoms. The third-order valence-electron chi connectivity index (χ3n) is 10.4. The first-order valence-electron chi connectivity index (χ1n) is 18.7. The number of furan rings is 1. The zero-order chi connectivity index (χ0) is 36.6. The minimum absolute atomic E-state index is 0.814. The van der Waals surface area contributed by atoms with E-state index in [0.717, 1.165) is 83.7 Å². The van der Waals surface area contributed by atoms with E-state index in [2.05, 4.69) is 228 Å². The largest absolute Gasteiger partial charge is 0.454 e. The van der Waals surface area contributed by atoms with Crippen molar-refractivity contribution >= 4 is 66.8 Å². The molecule has 0 saturated heterocycles. The molecule has 9 aromatic carbocycles. The number of hydrogen-bond donors (Lipinski definition) is 0. The van der Waals surface area contributed by atoms with Gasteiger partial charge in [0.15, 0.2) is 5.58 Å². The van der Waals surface area contributed by atoms with Gasteiger partial charge in [0.2, 0.25) is 0 Å². The SMILES string of the molecule is c1ccc(-c2ccccc2N(c2ccccc2)c2ccc(N(c3ccccc3)c3ccccc3-c3ccccc3)c3c2oc2ccc4ccccc4c23)cc1. The molecule has 3 heteroatoms. The number of fused-ring (bicyclic) bond motifs is 5. The lowest BCUT2D eigenvalue weighted by atomic mass is 9.98. The number of hydrogen-bond acceptors (Lipinski definition) is 3.